The number of hydrogen-bond donors (Lipinski definition) is 1. The molecule has 0 aliphatic rings. The first-order chi connectivity index (χ1) is 7.19. The van der Waals surface area contributed by atoms with Crippen LogP contribution < -0.4 is 0 Å². The van der Waals surface area contributed by atoms with Gasteiger partial charge in [0, 0.05) is 5.56 Å². The summed E-state index contributed by atoms with van der Waals surface area (Å²) in [5, 5.41) is 9.50. The first-order valence-electron chi connectivity index (χ1n) is 4.65. The average molecular weight is 204 g/mol. The van der Waals surface area contributed by atoms with Gasteiger partial charge in [0.1, 0.15) is 11.3 Å². The summed E-state index contributed by atoms with van der Waals surface area (Å²) in [7, 11) is 0. The second-order valence-corrected chi connectivity index (χ2v) is 3.01. The van der Waals surface area contributed by atoms with Crippen molar-refractivity contribution in [2.75, 3.05) is 6.61 Å². The Balaban J connectivity index is 2.87. The van der Waals surface area contributed by atoms with Gasteiger partial charge in [0.2, 0.25) is 0 Å². The fourth-order valence-corrected chi connectivity index (χ4v) is 1.07. The average Bonchev–Trinajstić information content (AvgIpc) is 2.25. The second-order valence-electron chi connectivity index (χ2n) is 3.01. The first-order valence-corrected chi connectivity index (χ1v) is 4.65. The van der Waals surface area contributed by atoms with Gasteiger partial charge in [0.05, 0.1) is 6.61 Å². The largest absolute Gasteiger partial charge is 0.507 e. The van der Waals surface area contributed by atoms with Crippen LogP contribution >= 0.6 is 0 Å². The normalized spacial score (nSPS) is 9.33. The van der Waals surface area contributed by atoms with E-state index in [-0.39, 0.29) is 11.3 Å². The Morgan fingerprint density at radius 1 is 1.60 bits per heavy atom. The smallest absolute Gasteiger partial charge is 0.341 e. The van der Waals surface area contributed by atoms with Crippen LogP contribution in [0.5, 0.6) is 5.75 Å². The van der Waals surface area contributed by atoms with Gasteiger partial charge in [-0.25, -0.2) is 4.79 Å². The Morgan fingerprint density at radius 2 is 2.33 bits per heavy atom. The fraction of sp³-hybridized carbons (Fsp3) is 0.250. The molecule has 0 fully saturated rings. The molecular formula is C12H12O3. The molecule has 3 nitrogen and oxygen atoms in total. The highest BCUT2D eigenvalue weighted by Gasteiger charge is 2.11. The van der Waals surface area contributed by atoms with Gasteiger partial charge in [-0.05, 0) is 24.6 Å². The molecule has 0 heterocycles. The van der Waals surface area contributed by atoms with Crippen LogP contribution in [0.25, 0.3) is 0 Å². The number of rotatable bonds is 3. The first kappa shape index (κ1) is 11.1. The molecule has 0 spiro atoms. The van der Waals surface area contributed by atoms with E-state index in [2.05, 4.69) is 5.92 Å². The molecule has 1 N–H and O–H groups in total. The zero-order valence-electron chi connectivity index (χ0n) is 8.49. The number of hydrogen-bond acceptors (Lipinski definition) is 3. The molecule has 0 saturated heterocycles. The highest BCUT2D eigenvalue weighted by Crippen LogP contribution is 2.19. The number of phenols is 1. The topological polar surface area (TPSA) is 46.5 Å². The Kier molecular flexibility index (Phi) is 3.75. The molecule has 3 heteroatoms. The predicted molar refractivity (Wildman–Crippen MR) is 56.6 cm³/mol. The Morgan fingerprint density at radius 3 is 2.87 bits per heavy atom. The van der Waals surface area contributed by atoms with Crippen LogP contribution in [0, 0.1) is 12.3 Å². The van der Waals surface area contributed by atoms with Gasteiger partial charge in [0.15, 0.2) is 0 Å². The third-order valence-corrected chi connectivity index (χ3v) is 1.82. The van der Waals surface area contributed by atoms with Crippen LogP contribution in [-0.2, 0) is 4.74 Å². The SMILES string of the molecule is C#Cc1ccc(C(=O)OCCC)c(O)c1. The van der Waals surface area contributed by atoms with E-state index in [1.165, 1.54) is 12.1 Å². The summed E-state index contributed by atoms with van der Waals surface area (Å²) >= 11 is 0. The van der Waals surface area contributed by atoms with Crippen molar-refractivity contribution in [1.29, 1.82) is 0 Å². The molecule has 0 atom stereocenters. The Hall–Kier alpha value is -1.95. The van der Waals surface area contributed by atoms with Crippen LogP contribution in [0.15, 0.2) is 18.2 Å². The lowest BCUT2D eigenvalue weighted by atomic mass is 10.1. The fourth-order valence-electron chi connectivity index (χ4n) is 1.07. The molecule has 0 aliphatic heterocycles. The van der Waals surface area contributed by atoms with E-state index in [9.17, 15) is 9.90 Å². The van der Waals surface area contributed by atoms with Crippen LogP contribution in [0.4, 0.5) is 0 Å². The van der Waals surface area contributed by atoms with Crippen molar-refractivity contribution < 1.29 is 14.6 Å². The van der Waals surface area contributed by atoms with Crippen molar-refractivity contribution in [1.82, 2.24) is 0 Å². The minimum absolute atomic E-state index is 0.141. The van der Waals surface area contributed by atoms with Crippen molar-refractivity contribution in [2.45, 2.75) is 13.3 Å². The van der Waals surface area contributed by atoms with Crippen LogP contribution in [0.1, 0.15) is 29.3 Å². The summed E-state index contributed by atoms with van der Waals surface area (Å²) in [6, 6.07) is 4.41. The van der Waals surface area contributed by atoms with Gasteiger partial charge in [0.25, 0.3) is 0 Å². The molecule has 0 radical (unpaired) electrons. The van der Waals surface area contributed by atoms with Gasteiger partial charge >= 0.3 is 5.97 Å². The molecule has 15 heavy (non-hydrogen) atoms. The summed E-state index contributed by atoms with van der Waals surface area (Å²) in [5.41, 5.74) is 0.669. The molecule has 0 unspecified atom stereocenters. The molecule has 0 saturated carbocycles. The maximum Gasteiger partial charge on any atom is 0.341 e. The third-order valence-electron chi connectivity index (χ3n) is 1.82. The van der Waals surface area contributed by atoms with Crippen LogP contribution in [0.3, 0.4) is 0 Å². The number of benzene rings is 1. The van der Waals surface area contributed by atoms with E-state index in [1.54, 1.807) is 6.07 Å². The summed E-state index contributed by atoms with van der Waals surface area (Å²) < 4.78 is 4.88. The van der Waals surface area contributed by atoms with Gasteiger partial charge in [-0.2, -0.15) is 0 Å². The van der Waals surface area contributed by atoms with Gasteiger partial charge in [-0.3, -0.25) is 0 Å². The molecule has 0 bridgehead atoms. The van der Waals surface area contributed by atoms with Crippen molar-refractivity contribution >= 4 is 5.97 Å². The molecule has 0 amide bonds. The molecule has 1 rings (SSSR count). The summed E-state index contributed by atoms with van der Waals surface area (Å²) in [6.45, 7) is 2.24. The maximum absolute atomic E-state index is 11.4. The summed E-state index contributed by atoms with van der Waals surface area (Å²) in [5.74, 6) is 1.69. The lowest BCUT2D eigenvalue weighted by Gasteiger charge is -2.05. The van der Waals surface area contributed by atoms with Crippen molar-refractivity contribution in [2.24, 2.45) is 0 Å². The summed E-state index contributed by atoms with van der Waals surface area (Å²) in [6.07, 6.45) is 5.89. The quantitative estimate of drug-likeness (QED) is 0.604. The number of carbonyl (C=O) groups is 1. The molecular weight excluding hydrogens is 192 g/mol. The van der Waals surface area contributed by atoms with Crippen molar-refractivity contribution in [3.05, 3.63) is 29.3 Å². The number of aromatic hydroxyl groups is 1. The molecule has 78 valence electrons. The minimum Gasteiger partial charge on any atom is -0.507 e. The van der Waals surface area contributed by atoms with E-state index in [4.69, 9.17) is 11.2 Å². The lowest BCUT2D eigenvalue weighted by Crippen LogP contribution is -2.06. The molecule has 1 aromatic carbocycles. The standard InChI is InChI=1S/C12H12O3/c1-3-7-15-12(14)10-6-5-9(4-2)8-11(10)13/h2,5-6,8,13H,3,7H2,1H3. The third kappa shape index (κ3) is 2.75. The highest BCUT2D eigenvalue weighted by molar-refractivity contribution is 5.92. The van der Waals surface area contributed by atoms with Crippen LogP contribution in [-0.4, -0.2) is 17.7 Å². The van der Waals surface area contributed by atoms with Crippen molar-refractivity contribution in [3.63, 3.8) is 0 Å². The van der Waals surface area contributed by atoms with Gasteiger partial charge in [-0.15, -0.1) is 6.42 Å². The van der Waals surface area contributed by atoms with E-state index < -0.39 is 5.97 Å². The minimum atomic E-state index is -0.530. The summed E-state index contributed by atoms with van der Waals surface area (Å²) in [4.78, 5) is 11.4. The predicted octanol–water partition coefficient (Wildman–Crippen LogP) is 1.94. The highest BCUT2D eigenvalue weighted by atomic mass is 16.5. The number of esters is 1. The van der Waals surface area contributed by atoms with Gasteiger partial charge < -0.3 is 9.84 Å². The number of terminal acetylenes is 1. The van der Waals surface area contributed by atoms with Crippen LogP contribution in [0.2, 0.25) is 0 Å². The number of ether oxygens (including phenoxy) is 1. The number of phenolic OH excluding ortho intramolecular Hbond substituents is 1. The maximum atomic E-state index is 11.4. The Bertz CT molecular complexity index is 402. The van der Waals surface area contributed by atoms with Crippen molar-refractivity contribution in [3.8, 4) is 18.1 Å². The second kappa shape index (κ2) is 5.06. The van der Waals surface area contributed by atoms with Gasteiger partial charge in [-0.1, -0.05) is 12.8 Å². The zero-order chi connectivity index (χ0) is 11.3. The molecule has 1 aromatic rings. The van der Waals surface area contributed by atoms with E-state index >= 15 is 0 Å². The zero-order valence-corrected chi connectivity index (χ0v) is 8.49. The number of carbonyl (C=O) groups excluding carboxylic acids is 1. The molecule has 0 aromatic heterocycles. The van der Waals surface area contributed by atoms with E-state index in [0.717, 1.165) is 6.42 Å². The van der Waals surface area contributed by atoms with E-state index in [1.807, 2.05) is 6.92 Å². The monoisotopic (exact) mass is 204 g/mol. The lowest BCUT2D eigenvalue weighted by molar-refractivity contribution is 0.0502. The van der Waals surface area contributed by atoms with E-state index in [0.29, 0.717) is 12.2 Å². The molecule has 0 aliphatic carbocycles. The Labute approximate surface area is 88.7 Å².